The van der Waals surface area contributed by atoms with Crippen molar-refractivity contribution in [3.8, 4) is 11.8 Å². The first-order chi connectivity index (χ1) is 10.2. The summed E-state index contributed by atoms with van der Waals surface area (Å²) in [6.45, 7) is 0. The normalized spacial score (nSPS) is 10.3. The van der Waals surface area contributed by atoms with Gasteiger partial charge in [-0.25, -0.2) is 9.97 Å². The molecule has 0 bridgehead atoms. The average molecular weight is 280 g/mol. The fraction of sp³-hybridized carbons (Fsp3) is 0.0714. The number of para-hydroxylation sites is 1. The molecule has 0 aliphatic carbocycles. The van der Waals surface area contributed by atoms with Crippen molar-refractivity contribution in [2.75, 3.05) is 18.2 Å². The number of benzene rings is 1. The molecule has 0 amide bonds. The quantitative estimate of drug-likeness (QED) is 0.760. The standard InChI is InChI=1S/C14H12N6O/c1-21-10-4-2-3-9(7-15)12(10)19-13-14-17-5-6-20(14)8-11(16)18-13/h2-6,8H,16H2,1H3,(H,18,19). The number of anilines is 3. The molecule has 0 atom stereocenters. The molecule has 21 heavy (non-hydrogen) atoms. The molecule has 0 saturated heterocycles. The smallest absolute Gasteiger partial charge is 0.180 e. The van der Waals surface area contributed by atoms with Crippen LogP contribution in [0.5, 0.6) is 5.75 Å². The van der Waals surface area contributed by atoms with Gasteiger partial charge in [-0.1, -0.05) is 6.07 Å². The van der Waals surface area contributed by atoms with Crippen molar-refractivity contribution in [2.45, 2.75) is 0 Å². The lowest BCUT2D eigenvalue weighted by molar-refractivity contribution is 0.416. The average Bonchev–Trinajstić information content (AvgIpc) is 2.95. The van der Waals surface area contributed by atoms with Crippen LogP contribution in [-0.2, 0) is 0 Å². The molecule has 1 aromatic carbocycles. The van der Waals surface area contributed by atoms with Crippen molar-refractivity contribution in [1.29, 1.82) is 5.26 Å². The van der Waals surface area contributed by atoms with Gasteiger partial charge in [0.15, 0.2) is 11.5 Å². The molecular formula is C14H12N6O. The number of rotatable bonds is 3. The van der Waals surface area contributed by atoms with Crippen LogP contribution in [0, 0.1) is 11.3 Å². The zero-order valence-corrected chi connectivity index (χ0v) is 11.2. The minimum absolute atomic E-state index is 0.344. The molecule has 0 fully saturated rings. The molecule has 7 heteroatoms. The van der Waals surface area contributed by atoms with Crippen LogP contribution in [0.4, 0.5) is 17.3 Å². The molecule has 0 aliphatic rings. The van der Waals surface area contributed by atoms with E-state index in [0.717, 1.165) is 0 Å². The van der Waals surface area contributed by atoms with Crippen molar-refractivity contribution in [2.24, 2.45) is 0 Å². The summed E-state index contributed by atoms with van der Waals surface area (Å²) in [5, 5.41) is 12.3. The van der Waals surface area contributed by atoms with E-state index in [2.05, 4.69) is 21.4 Å². The van der Waals surface area contributed by atoms with E-state index < -0.39 is 0 Å². The Morgan fingerprint density at radius 3 is 3.05 bits per heavy atom. The molecule has 0 spiro atoms. The second-order valence-electron chi connectivity index (χ2n) is 4.29. The Morgan fingerprint density at radius 1 is 1.43 bits per heavy atom. The maximum Gasteiger partial charge on any atom is 0.180 e. The number of methoxy groups -OCH3 is 1. The van der Waals surface area contributed by atoms with Gasteiger partial charge in [0, 0.05) is 12.4 Å². The van der Waals surface area contributed by atoms with Crippen LogP contribution in [0.1, 0.15) is 5.56 Å². The van der Waals surface area contributed by atoms with Gasteiger partial charge in [-0.2, -0.15) is 5.26 Å². The Hall–Kier alpha value is -3.27. The van der Waals surface area contributed by atoms with Crippen molar-refractivity contribution in [3.05, 3.63) is 42.4 Å². The van der Waals surface area contributed by atoms with Gasteiger partial charge in [-0.15, -0.1) is 0 Å². The lowest BCUT2D eigenvalue weighted by atomic mass is 10.2. The largest absolute Gasteiger partial charge is 0.495 e. The number of nitrogens with zero attached hydrogens (tertiary/aromatic N) is 4. The van der Waals surface area contributed by atoms with Crippen molar-refractivity contribution in [1.82, 2.24) is 14.4 Å². The number of nitrogens with one attached hydrogen (secondary N) is 1. The van der Waals surface area contributed by atoms with Gasteiger partial charge in [-0.05, 0) is 12.1 Å². The van der Waals surface area contributed by atoms with Crippen LogP contribution in [0.3, 0.4) is 0 Å². The van der Waals surface area contributed by atoms with E-state index in [9.17, 15) is 5.26 Å². The van der Waals surface area contributed by atoms with E-state index in [1.165, 1.54) is 0 Å². The van der Waals surface area contributed by atoms with E-state index in [4.69, 9.17) is 10.5 Å². The third-order valence-electron chi connectivity index (χ3n) is 3.00. The number of nitrogen functional groups attached to an aromatic ring is 1. The number of aromatic nitrogens is 3. The second kappa shape index (κ2) is 5.02. The summed E-state index contributed by atoms with van der Waals surface area (Å²) in [5.74, 6) is 1.35. The highest BCUT2D eigenvalue weighted by molar-refractivity contribution is 5.77. The summed E-state index contributed by atoms with van der Waals surface area (Å²) >= 11 is 0. The van der Waals surface area contributed by atoms with Crippen LogP contribution >= 0.6 is 0 Å². The molecule has 2 heterocycles. The van der Waals surface area contributed by atoms with Crippen molar-refractivity contribution < 1.29 is 4.74 Å². The van der Waals surface area contributed by atoms with Gasteiger partial charge in [0.1, 0.15) is 23.3 Å². The Morgan fingerprint density at radius 2 is 2.29 bits per heavy atom. The van der Waals surface area contributed by atoms with E-state index in [0.29, 0.717) is 34.3 Å². The highest BCUT2D eigenvalue weighted by atomic mass is 16.5. The zero-order valence-electron chi connectivity index (χ0n) is 11.2. The first-order valence-corrected chi connectivity index (χ1v) is 6.16. The summed E-state index contributed by atoms with van der Waals surface area (Å²) in [7, 11) is 1.54. The molecule has 3 N–H and O–H groups in total. The van der Waals surface area contributed by atoms with Gasteiger partial charge in [0.05, 0.1) is 18.9 Å². The van der Waals surface area contributed by atoms with Gasteiger partial charge < -0.3 is 20.2 Å². The molecule has 0 unspecified atom stereocenters. The second-order valence-corrected chi connectivity index (χ2v) is 4.29. The SMILES string of the molecule is COc1cccc(C#N)c1Nc1nc(N)cn2ccnc12. The molecule has 7 nitrogen and oxygen atoms in total. The van der Waals surface area contributed by atoms with Gasteiger partial charge in [0.2, 0.25) is 0 Å². The maximum absolute atomic E-state index is 9.23. The number of fused-ring (bicyclic) bond motifs is 1. The van der Waals surface area contributed by atoms with E-state index in [1.54, 1.807) is 48.3 Å². The summed E-state index contributed by atoms with van der Waals surface area (Å²) in [4.78, 5) is 8.46. The Balaban J connectivity index is 2.15. The lowest BCUT2D eigenvalue weighted by Crippen LogP contribution is -2.04. The summed E-state index contributed by atoms with van der Waals surface area (Å²) in [5.41, 5.74) is 7.37. The first-order valence-electron chi connectivity index (χ1n) is 6.16. The number of hydrogen-bond acceptors (Lipinski definition) is 6. The molecule has 0 saturated carbocycles. The van der Waals surface area contributed by atoms with Crippen LogP contribution in [0.2, 0.25) is 0 Å². The third kappa shape index (κ3) is 2.19. The minimum atomic E-state index is 0.344. The predicted molar refractivity (Wildman–Crippen MR) is 78.4 cm³/mol. The van der Waals surface area contributed by atoms with Crippen molar-refractivity contribution >= 4 is 23.0 Å². The molecule has 3 rings (SSSR count). The van der Waals surface area contributed by atoms with E-state index in [1.807, 2.05) is 0 Å². The number of imidazole rings is 1. The van der Waals surface area contributed by atoms with Crippen LogP contribution < -0.4 is 15.8 Å². The third-order valence-corrected chi connectivity index (χ3v) is 3.00. The Labute approximate surface area is 120 Å². The lowest BCUT2D eigenvalue weighted by Gasteiger charge is -2.13. The monoisotopic (exact) mass is 280 g/mol. The number of hydrogen-bond donors (Lipinski definition) is 2. The molecule has 3 aromatic rings. The van der Waals surface area contributed by atoms with Gasteiger partial charge in [-0.3, -0.25) is 0 Å². The molecule has 2 aromatic heterocycles. The van der Waals surface area contributed by atoms with Gasteiger partial charge >= 0.3 is 0 Å². The molecule has 104 valence electrons. The molecule has 0 aliphatic heterocycles. The van der Waals surface area contributed by atoms with E-state index in [-0.39, 0.29) is 0 Å². The zero-order chi connectivity index (χ0) is 14.8. The van der Waals surface area contributed by atoms with Crippen molar-refractivity contribution in [3.63, 3.8) is 0 Å². The van der Waals surface area contributed by atoms with Gasteiger partial charge in [0.25, 0.3) is 0 Å². The molecule has 0 radical (unpaired) electrons. The summed E-state index contributed by atoms with van der Waals surface area (Å²) in [6, 6.07) is 7.33. The summed E-state index contributed by atoms with van der Waals surface area (Å²) in [6.07, 6.45) is 5.09. The highest BCUT2D eigenvalue weighted by Gasteiger charge is 2.13. The Bertz CT molecular complexity index is 848. The minimum Gasteiger partial charge on any atom is -0.495 e. The highest BCUT2D eigenvalue weighted by Crippen LogP contribution is 2.31. The number of nitriles is 1. The van der Waals surface area contributed by atoms with Crippen LogP contribution in [-0.4, -0.2) is 21.5 Å². The summed E-state index contributed by atoms with van der Waals surface area (Å²) < 4.78 is 7.04. The topological polar surface area (TPSA) is 101 Å². The van der Waals surface area contributed by atoms with Crippen LogP contribution in [0.25, 0.3) is 5.65 Å². The first kappa shape index (κ1) is 12.7. The maximum atomic E-state index is 9.23. The predicted octanol–water partition coefficient (Wildman–Crippen LogP) is 1.94. The van der Waals surface area contributed by atoms with E-state index >= 15 is 0 Å². The number of ether oxygens (including phenoxy) is 1. The van der Waals surface area contributed by atoms with Crippen LogP contribution in [0.15, 0.2) is 36.8 Å². The Kier molecular flexibility index (Phi) is 3.04. The number of nitrogens with two attached hydrogens (primary N) is 1. The fourth-order valence-electron chi connectivity index (χ4n) is 2.08. The molecular weight excluding hydrogens is 268 g/mol. The fourth-order valence-corrected chi connectivity index (χ4v) is 2.08.